The van der Waals surface area contributed by atoms with E-state index in [9.17, 15) is 8.78 Å². The Balaban J connectivity index is 1.74. The molecule has 0 unspecified atom stereocenters. The molecule has 0 bridgehead atoms. The van der Waals surface area contributed by atoms with Crippen LogP contribution in [-0.4, -0.2) is 40.7 Å². The normalized spacial score (nSPS) is 13.1. The van der Waals surface area contributed by atoms with Crippen molar-refractivity contribution in [1.82, 2.24) is 25.4 Å². The number of guanidine groups is 1. The molecule has 11 heteroatoms. The van der Waals surface area contributed by atoms with Gasteiger partial charge in [-0.25, -0.2) is 4.99 Å². The quantitative estimate of drug-likeness (QED) is 0.520. The second kappa shape index (κ2) is 9.20. The highest BCUT2D eigenvalue weighted by atomic mass is 19.3. The number of halogens is 2. The van der Waals surface area contributed by atoms with E-state index in [1.807, 2.05) is 18.4 Å². The molecule has 0 fully saturated rings. The van der Waals surface area contributed by atoms with Gasteiger partial charge in [0.05, 0.1) is 13.1 Å². The van der Waals surface area contributed by atoms with Crippen LogP contribution >= 0.6 is 0 Å². The largest absolute Gasteiger partial charge is 0.454 e. The monoisotopic (exact) mass is 396 g/mol. The summed E-state index contributed by atoms with van der Waals surface area (Å²) in [6.45, 7) is 2.93. The van der Waals surface area contributed by atoms with Crippen molar-refractivity contribution in [3.05, 3.63) is 29.8 Å². The summed E-state index contributed by atoms with van der Waals surface area (Å²) in [5.41, 5.74) is 0.457. The number of rotatable bonds is 8. The highest BCUT2D eigenvalue weighted by Gasteiger charge is 2.20. The highest BCUT2D eigenvalue weighted by molar-refractivity contribution is 5.79. The molecule has 2 heterocycles. The number of nitrogens with zero attached hydrogens (tertiary/aromatic N) is 4. The molecule has 0 saturated heterocycles. The van der Waals surface area contributed by atoms with E-state index in [2.05, 4.69) is 30.6 Å². The van der Waals surface area contributed by atoms with E-state index in [4.69, 9.17) is 9.47 Å². The van der Waals surface area contributed by atoms with Crippen LogP contribution in [0.3, 0.4) is 0 Å². The molecule has 0 amide bonds. The van der Waals surface area contributed by atoms with Gasteiger partial charge in [0.25, 0.3) is 0 Å². The van der Waals surface area contributed by atoms with Crippen molar-refractivity contribution in [3.8, 4) is 17.2 Å². The summed E-state index contributed by atoms with van der Waals surface area (Å²) >= 11 is 0. The van der Waals surface area contributed by atoms with Crippen molar-refractivity contribution in [2.75, 3.05) is 13.3 Å². The summed E-state index contributed by atoms with van der Waals surface area (Å²) < 4.78 is 42.6. The lowest BCUT2D eigenvalue weighted by molar-refractivity contribution is -0.0505. The first-order chi connectivity index (χ1) is 13.6. The van der Waals surface area contributed by atoms with Gasteiger partial charge in [-0.1, -0.05) is 0 Å². The van der Waals surface area contributed by atoms with E-state index < -0.39 is 6.61 Å². The lowest BCUT2D eigenvalue weighted by atomic mass is 10.1. The predicted molar refractivity (Wildman–Crippen MR) is 96.5 cm³/mol. The number of hydrogen-bond acceptors (Lipinski definition) is 6. The molecule has 1 aliphatic heterocycles. The van der Waals surface area contributed by atoms with E-state index >= 15 is 0 Å². The Hall–Kier alpha value is -3.11. The Morgan fingerprint density at radius 2 is 2.07 bits per heavy atom. The van der Waals surface area contributed by atoms with Crippen LogP contribution in [0.5, 0.6) is 17.2 Å². The number of nitrogens with one attached hydrogen (secondary N) is 2. The molecule has 3 rings (SSSR count). The summed E-state index contributed by atoms with van der Waals surface area (Å²) in [6.07, 6.45) is 1.65. The van der Waals surface area contributed by atoms with Gasteiger partial charge in [-0.05, 0) is 19.9 Å². The second-order valence-corrected chi connectivity index (χ2v) is 5.77. The molecule has 28 heavy (non-hydrogen) atoms. The van der Waals surface area contributed by atoms with Gasteiger partial charge in [-0.3, -0.25) is 0 Å². The molecule has 1 aromatic heterocycles. The molecule has 0 atom stereocenters. The number of benzene rings is 1. The third kappa shape index (κ3) is 4.78. The Morgan fingerprint density at radius 3 is 2.79 bits per heavy atom. The fraction of sp³-hybridized carbons (Fsp3) is 0.471. The molecular weight excluding hydrogens is 374 g/mol. The number of aromatic nitrogens is 3. The molecule has 1 aliphatic rings. The van der Waals surface area contributed by atoms with Crippen LogP contribution in [0.1, 0.15) is 25.2 Å². The van der Waals surface area contributed by atoms with Gasteiger partial charge in [0.15, 0.2) is 23.3 Å². The van der Waals surface area contributed by atoms with Gasteiger partial charge in [0.2, 0.25) is 6.79 Å². The molecule has 9 nitrogen and oxygen atoms in total. The lowest BCUT2D eigenvalue weighted by Gasteiger charge is -2.13. The summed E-state index contributed by atoms with van der Waals surface area (Å²) in [5, 5.41) is 14.2. The molecular formula is C17H22F2N6O3. The first kappa shape index (κ1) is 19.6. The van der Waals surface area contributed by atoms with Crippen LogP contribution in [0.2, 0.25) is 0 Å². The smallest absolute Gasteiger partial charge is 0.387 e. The van der Waals surface area contributed by atoms with Gasteiger partial charge < -0.3 is 29.4 Å². The van der Waals surface area contributed by atoms with Crippen LogP contribution in [0.4, 0.5) is 8.78 Å². The minimum atomic E-state index is -2.95. The molecule has 0 radical (unpaired) electrons. The van der Waals surface area contributed by atoms with Gasteiger partial charge in [-0.15, -0.1) is 10.2 Å². The zero-order valence-electron chi connectivity index (χ0n) is 15.6. The average Bonchev–Trinajstić information content (AvgIpc) is 3.31. The van der Waals surface area contributed by atoms with Crippen molar-refractivity contribution >= 4 is 5.96 Å². The molecule has 0 saturated carbocycles. The van der Waals surface area contributed by atoms with E-state index in [1.54, 1.807) is 12.4 Å². The van der Waals surface area contributed by atoms with Crippen LogP contribution in [0.15, 0.2) is 23.5 Å². The lowest BCUT2D eigenvalue weighted by Crippen LogP contribution is -2.37. The number of alkyl halides is 2. The second-order valence-electron chi connectivity index (χ2n) is 5.77. The van der Waals surface area contributed by atoms with Crippen LogP contribution < -0.4 is 24.8 Å². The number of aliphatic imine (C=N–C) groups is 1. The third-order valence-corrected chi connectivity index (χ3v) is 3.97. The molecule has 152 valence electrons. The van der Waals surface area contributed by atoms with Crippen LogP contribution in [0.25, 0.3) is 0 Å². The molecule has 0 aliphatic carbocycles. The predicted octanol–water partition coefficient (Wildman–Crippen LogP) is 1.88. The minimum Gasteiger partial charge on any atom is -0.454 e. The fourth-order valence-corrected chi connectivity index (χ4v) is 2.64. The van der Waals surface area contributed by atoms with Crippen molar-refractivity contribution in [2.45, 2.75) is 40.1 Å². The summed E-state index contributed by atoms with van der Waals surface area (Å²) in [4.78, 5) is 4.45. The third-order valence-electron chi connectivity index (χ3n) is 3.97. The Bertz CT molecular complexity index is 827. The number of hydrogen-bond donors (Lipinski definition) is 2. The Kier molecular flexibility index (Phi) is 6.45. The Morgan fingerprint density at radius 1 is 1.29 bits per heavy atom. The zero-order valence-corrected chi connectivity index (χ0v) is 15.6. The summed E-state index contributed by atoms with van der Waals surface area (Å²) in [5.74, 6) is 2.12. The SMILES string of the molecule is CCNC(=NCc1cc2c(cc1OC(F)F)OCO2)NCc1nncn1CC. The maximum Gasteiger partial charge on any atom is 0.387 e. The highest BCUT2D eigenvalue weighted by Crippen LogP contribution is 2.39. The van der Waals surface area contributed by atoms with E-state index in [0.717, 1.165) is 12.4 Å². The maximum atomic E-state index is 12.8. The Labute approximate surface area is 160 Å². The maximum absolute atomic E-state index is 12.8. The zero-order chi connectivity index (χ0) is 19.9. The van der Waals surface area contributed by atoms with Crippen LogP contribution in [0, 0.1) is 0 Å². The van der Waals surface area contributed by atoms with Crippen molar-refractivity contribution in [2.24, 2.45) is 4.99 Å². The van der Waals surface area contributed by atoms with Gasteiger partial charge in [-0.2, -0.15) is 8.78 Å². The molecule has 0 spiro atoms. The van der Waals surface area contributed by atoms with Gasteiger partial charge >= 0.3 is 6.61 Å². The standard InChI is InChI=1S/C17H22F2N6O3/c1-3-20-17(22-8-15-24-23-9-25(15)4-2)21-7-11-5-13-14(27-10-26-13)6-12(11)28-16(18)19/h5-6,9,16H,3-4,7-8,10H2,1-2H3,(H2,20,21,22). The van der Waals surface area contributed by atoms with Crippen LogP contribution in [-0.2, 0) is 19.6 Å². The first-order valence-electron chi connectivity index (χ1n) is 8.86. The minimum absolute atomic E-state index is 0.00424. The van der Waals surface area contributed by atoms with Crippen molar-refractivity contribution < 1.29 is 23.0 Å². The number of ether oxygens (including phenoxy) is 3. The fourth-order valence-electron chi connectivity index (χ4n) is 2.64. The van der Waals surface area contributed by atoms with E-state index in [-0.39, 0.29) is 19.1 Å². The molecule has 1 aromatic carbocycles. The molecule has 2 N–H and O–H groups in total. The number of aryl methyl sites for hydroxylation is 1. The topological polar surface area (TPSA) is 94.8 Å². The summed E-state index contributed by atoms with van der Waals surface area (Å²) in [7, 11) is 0. The molecule has 2 aromatic rings. The van der Waals surface area contributed by atoms with E-state index in [0.29, 0.717) is 36.1 Å². The summed E-state index contributed by atoms with van der Waals surface area (Å²) in [6, 6.07) is 2.99. The van der Waals surface area contributed by atoms with Crippen molar-refractivity contribution in [1.29, 1.82) is 0 Å². The van der Waals surface area contributed by atoms with Crippen molar-refractivity contribution in [3.63, 3.8) is 0 Å². The van der Waals surface area contributed by atoms with E-state index in [1.165, 1.54) is 6.07 Å². The van der Waals surface area contributed by atoms with Gasteiger partial charge in [0, 0.05) is 24.7 Å². The first-order valence-corrected chi connectivity index (χ1v) is 8.86. The number of fused-ring (bicyclic) bond motifs is 1. The van der Waals surface area contributed by atoms with Gasteiger partial charge in [0.1, 0.15) is 12.1 Å². The average molecular weight is 396 g/mol.